The zero-order chi connectivity index (χ0) is 20.5. The van der Waals surface area contributed by atoms with E-state index < -0.39 is 0 Å². The number of anilines is 2. The van der Waals surface area contributed by atoms with Crippen LogP contribution in [0.2, 0.25) is 5.02 Å². The monoisotopic (exact) mass is 418 g/mol. The van der Waals surface area contributed by atoms with Crippen LogP contribution in [0.1, 0.15) is 34.0 Å². The van der Waals surface area contributed by atoms with Crippen molar-refractivity contribution in [3.05, 3.63) is 82.6 Å². The number of carbonyl (C=O) groups is 1. The molecule has 1 atom stereocenters. The fourth-order valence-electron chi connectivity index (χ4n) is 4.39. The minimum atomic E-state index is 0.112. The number of benzene rings is 2. The molecule has 1 saturated heterocycles. The molecule has 5 nitrogen and oxygen atoms in total. The van der Waals surface area contributed by atoms with E-state index in [1.54, 1.807) is 6.20 Å². The van der Waals surface area contributed by atoms with Crippen LogP contribution in [0.5, 0.6) is 0 Å². The molecule has 2 aliphatic rings. The number of Topliss-reactive ketones (excluding diaryl/α,β-unsaturated/α-hetero) is 1. The van der Waals surface area contributed by atoms with E-state index in [9.17, 15) is 4.79 Å². The Hall–Kier alpha value is -2.92. The van der Waals surface area contributed by atoms with E-state index in [0.717, 1.165) is 49.8 Å². The van der Waals surface area contributed by atoms with Gasteiger partial charge in [-0.1, -0.05) is 41.9 Å². The van der Waals surface area contributed by atoms with Crippen LogP contribution in [0.25, 0.3) is 0 Å². The van der Waals surface area contributed by atoms with Gasteiger partial charge in [-0.05, 0) is 42.2 Å². The van der Waals surface area contributed by atoms with Crippen molar-refractivity contribution in [2.24, 2.45) is 0 Å². The molecule has 152 valence electrons. The summed E-state index contributed by atoms with van der Waals surface area (Å²) in [6, 6.07) is 18.3. The highest BCUT2D eigenvalue weighted by Gasteiger charge is 2.29. The smallest absolute Gasteiger partial charge is 0.225 e. The summed E-state index contributed by atoms with van der Waals surface area (Å²) in [5.41, 5.74) is 3.86. The van der Waals surface area contributed by atoms with Crippen molar-refractivity contribution >= 4 is 29.0 Å². The number of halogens is 1. The maximum atomic E-state index is 12.7. The van der Waals surface area contributed by atoms with E-state index in [1.807, 2.05) is 30.3 Å². The van der Waals surface area contributed by atoms with Crippen molar-refractivity contribution in [3.8, 4) is 0 Å². The van der Waals surface area contributed by atoms with Crippen molar-refractivity contribution in [2.45, 2.75) is 18.8 Å². The lowest BCUT2D eigenvalue weighted by molar-refractivity contribution is 0.0962. The molecular formula is C24H23ClN4O. The second kappa shape index (κ2) is 8.07. The van der Waals surface area contributed by atoms with Gasteiger partial charge in [0, 0.05) is 49.5 Å². The molecule has 3 aromatic rings. The van der Waals surface area contributed by atoms with Crippen molar-refractivity contribution < 1.29 is 4.79 Å². The number of carbonyl (C=O) groups excluding carboxylic acids is 1. The van der Waals surface area contributed by atoms with E-state index in [0.29, 0.717) is 17.0 Å². The molecule has 1 aliphatic heterocycles. The fourth-order valence-corrected chi connectivity index (χ4v) is 4.59. The predicted octanol–water partition coefficient (Wildman–Crippen LogP) is 4.37. The molecule has 0 bridgehead atoms. The molecule has 1 fully saturated rings. The Morgan fingerprint density at radius 1 is 0.900 bits per heavy atom. The largest absolute Gasteiger partial charge is 0.368 e. The average Bonchev–Trinajstić information content (AvgIpc) is 2.79. The van der Waals surface area contributed by atoms with E-state index in [4.69, 9.17) is 16.6 Å². The molecule has 0 spiro atoms. The van der Waals surface area contributed by atoms with Crippen LogP contribution >= 0.6 is 11.6 Å². The Kier molecular flexibility index (Phi) is 5.13. The Bertz CT molecular complexity index is 1060. The van der Waals surface area contributed by atoms with Crippen LogP contribution in [0.4, 0.5) is 11.6 Å². The maximum absolute atomic E-state index is 12.7. The molecule has 5 rings (SSSR count). The summed E-state index contributed by atoms with van der Waals surface area (Å²) < 4.78 is 0. The average molecular weight is 419 g/mol. The molecular weight excluding hydrogens is 396 g/mol. The summed E-state index contributed by atoms with van der Waals surface area (Å²) in [7, 11) is 0. The highest BCUT2D eigenvalue weighted by Crippen LogP contribution is 2.33. The zero-order valence-corrected chi connectivity index (χ0v) is 17.4. The van der Waals surface area contributed by atoms with E-state index >= 15 is 0 Å². The van der Waals surface area contributed by atoms with Gasteiger partial charge in [-0.2, -0.15) is 0 Å². The van der Waals surface area contributed by atoms with Gasteiger partial charge in [0.1, 0.15) is 0 Å². The van der Waals surface area contributed by atoms with E-state index in [2.05, 4.69) is 39.0 Å². The number of aromatic nitrogens is 2. The van der Waals surface area contributed by atoms with Crippen LogP contribution < -0.4 is 9.80 Å². The van der Waals surface area contributed by atoms with Gasteiger partial charge in [-0.3, -0.25) is 4.79 Å². The van der Waals surface area contributed by atoms with Gasteiger partial charge in [0.2, 0.25) is 5.95 Å². The second-order valence-corrected chi connectivity index (χ2v) is 8.36. The summed E-state index contributed by atoms with van der Waals surface area (Å²) >= 11 is 6.16. The predicted molar refractivity (Wildman–Crippen MR) is 120 cm³/mol. The number of ketones is 1. The second-order valence-electron chi connectivity index (χ2n) is 7.92. The SMILES string of the molecule is O=C1C[C@@H](c2cccc(Cl)c2)Cc2nc(N3CCN(c4ccccc4)CC3)ncc21. The van der Waals surface area contributed by atoms with Gasteiger partial charge in [-0.15, -0.1) is 0 Å². The Morgan fingerprint density at radius 3 is 2.43 bits per heavy atom. The quantitative estimate of drug-likeness (QED) is 0.632. The summed E-state index contributed by atoms with van der Waals surface area (Å²) in [5.74, 6) is 0.948. The van der Waals surface area contributed by atoms with Gasteiger partial charge in [0.15, 0.2) is 5.78 Å². The minimum Gasteiger partial charge on any atom is -0.368 e. The van der Waals surface area contributed by atoms with E-state index in [-0.39, 0.29) is 11.7 Å². The van der Waals surface area contributed by atoms with Crippen molar-refractivity contribution in [2.75, 3.05) is 36.0 Å². The third-order valence-electron chi connectivity index (χ3n) is 6.03. The van der Waals surface area contributed by atoms with Crippen molar-refractivity contribution in [3.63, 3.8) is 0 Å². The minimum absolute atomic E-state index is 0.112. The zero-order valence-electron chi connectivity index (χ0n) is 16.7. The highest BCUT2D eigenvalue weighted by atomic mass is 35.5. The number of hydrogen-bond donors (Lipinski definition) is 0. The van der Waals surface area contributed by atoms with Gasteiger partial charge < -0.3 is 9.80 Å². The first-order valence-electron chi connectivity index (χ1n) is 10.4. The molecule has 30 heavy (non-hydrogen) atoms. The van der Waals surface area contributed by atoms with Gasteiger partial charge in [0.05, 0.1) is 11.3 Å². The molecule has 0 amide bonds. The lowest BCUT2D eigenvalue weighted by Gasteiger charge is -2.36. The van der Waals surface area contributed by atoms with Crippen molar-refractivity contribution in [1.82, 2.24) is 9.97 Å². The molecule has 0 saturated carbocycles. The summed E-state index contributed by atoms with van der Waals surface area (Å²) in [4.78, 5) is 26.7. The summed E-state index contributed by atoms with van der Waals surface area (Å²) in [6.45, 7) is 3.57. The number of hydrogen-bond acceptors (Lipinski definition) is 5. The highest BCUT2D eigenvalue weighted by molar-refractivity contribution is 6.30. The molecule has 2 heterocycles. The standard InChI is InChI=1S/C24H23ClN4O/c25-19-6-4-5-17(13-19)18-14-22-21(23(30)15-18)16-26-24(27-22)29-11-9-28(10-12-29)20-7-2-1-3-8-20/h1-8,13,16,18H,9-12,14-15H2/t18-/m0/s1. The Labute approximate surface area is 181 Å². The van der Waals surface area contributed by atoms with Gasteiger partial charge in [0.25, 0.3) is 0 Å². The van der Waals surface area contributed by atoms with Gasteiger partial charge in [-0.25, -0.2) is 9.97 Å². The number of para-hydroxylation sites is 1. The van der Waals surface area contributed by atoms with Crippen LogP contribution in [0.15, 0.2) is 60.8 Å². The first-order valence-corrected chi connectivity index (χ1v) is 10.7. The topological polar surface area (TPSA) is 49.3 Å². The number of fused-ring (bicyclic) bond motifs is 1. The molecule has 2 aromatic carbocycles. The summed E-state index contributed by atoms with van der Waals surface area (Å²) in [5, 5.41) is 0.699. The first-order chi connectivity index (χ1) is 14.7. The van der Waals surface area contributed by atoms with Crippen molar-refractivity contribution in [1.29, 1.82) is 0 Å². The van der Waals surface area contributed by atoms with E-state index in [1.165, 1.54) is 5.69 Å². The fraction of sp³-hybridized carbons (Fsp3) is 0.292. The van der Waals surface area contributed by atoms with Gasteiger partial charge >= 0.3 is 0 Å². The van der Waals surface area contributed by atoms with Crippen LogP contribution in [0, 0.1) is 0 Å². The molecule has 0 radical (unpaired) electrons. The molecule has 0 N–H and O–H groups in total. The lowest BCUT2D eigenvalue weighted by Crippen LogP contribution is -2.47. The first kappa shape index (κ1) is 19.1. The molecule has 1 aliphatic carbocycles. The normalized spacial score (nSPS) is 19.0. The Balaban J connectivity index is 1.33. The maximum Gasteiger partial charge on any atom is 0.225 e. The number of rotatable bonds is 3. The molecule has 1 aromatic heterocycles. The Morgan fingerprint density at radius 2 is 1.67 bits per heavy atom. The van der Waals surface area contributed by atoms with Crippen LogP contribution in [0.3, 0.4) is 0 Å². The molecule has 6 heteroatoms. The lowest BCUT2D eigenvalue weighted by atomic mass is 9.82. The number of nitrogens with zero attached hydrogens (tertiary/aromatic N) is 4. The third-order valence-corrected chi connectivity index (χ3v) is 6.27. The molecule has 0 unspecified atom stereocenters. The number of piperazine rings is 1. The van der Waals surface area contributed by atoms with Crippen LogP contribution in [-0.4, -0.2) is 41.9 Å². The third kappa shape index (κ3) is 3.77. The summed E-state index contributed by atoms with van der Waals surface area (Å²) in [6.07, 6.45) is 2.93. The van der Waals surface area contributed by atoms with Crippen LogP contribution in [-0.2, 0) is 6.42 Å².